The lowest BCUT2D eigenvalue weighted by Crippen LogP contribution is -2.50. The van der Waals surface area contributed by atoms with Crippen LogP contribution in [0.2, 0.25) is 0 Å². The number of halogens is 1. The van der Waals surface area contributed by atoms with E-state index >= 15 is 4.39 Å². The van der Waals surface area contributed by atoms with Crippen molar-refractivity contribution < 1.29 is 13.9 Å². The molecule has 1 saturated carbocycles. The van der Waals surface area contributed by atoms with Crippen molar-refractivity contribution in [3.8, 4) is 23.0 Å². The molecule has 39 heavy (non-hydrogen) atoms. The molecule has 3 aliphatic rings. The molecule has 0 bridgehead atoms. The number of likely N-dealkylation sites (tertiary alicyclic amines) is 1. The number of fused-ring (bicyclic) bond motifs is 1. The molecule has 2 aliphatic heterocycles. The van der Waals surface area contributed by atoms with Crippen LogP contribution in [0.3, 0.4) is 0 Å². The van der Waals surface area contributed by atoms with E-state index in [4.69, 9.17) is 24.4 Å². The van der Waals surface area contributed by atoms with Gasteiger partial charge in [-0.15, -0.1) is 0 Å². The average Bonchev–Trinajstić information content (AvgIpc) is 3.67. The van der Waals surface area contributed by atoms with Crippen LogP contribution in [0.5, 0.6) is 11.8 Å². The second-order valence-electron chi connectivity index (χ2n) is 10.9. The third-order valence-electron chi connectivity index (χ3n) is 8.02. The van der Waals surface area contributed by atoms with Gasteiger partial charge in [0, 0.05) is 37.8 Å². The van der Waals surface area contributed by atoms with E-state index in [9.17, 15) is 0 Å². The summed E-state index contributed by atoms with van der Waals surface area (Å²) in [4.78, 5) is 19.5. The molecule has 3 aromatic rings. The second-order valence-corrected chi connectivity index (χ2v) is 10.9. The van der Waals surface area contributed by atoms with Gasteiger partial charge in [0.05, 0.1) is 16.6 Å². The first-order valence-electron chi connectivity index (χ1n) is 14.1. The van der Waals surface area contributed by atoms with E-state index in [0.29, 0.717) is 47.4 Å². The summed E-state index contributed by atoms with van der Waals surface area (Å²) in [7, 11) is 0. The number of benzene rings is 1. The summed E-state index contributed by atoms with van der Waals surface area (Å²) in [5, 5.41) is 4.29. The minimum absolute atomic E-state index is 0.246. The molecule has 2 atom stereocenters. The number of hydrogen-bond donors (Lipinski definition) is 1. The van der Waals surface area contributed by atoms with Crippen molar-refractivity contribution in [3.63, 3.8) is 0 Å². The molecule has 0 unspecified atom stereocenters. The first-order valence-corrected chi connectivity index (χ1v) is 14.1. The Morgan fingerprint density at radius 2 is 2.03 bits per heavy atom. The maximum atomic E-state index is 15.2. The van der Waals surface area contributed by atoms with Gasteiger partial charge in [0.2, 0.25) is 0 Å². The van der Waals surface area contributed by atoms with Gasteiger partial charge in [0.15, 0.2) is 5.65 Å². The number of piperazine rings is 1. The van der Waals surface area contributed by atoms with Crippen LogP contribution < -0.4 is 19.7 Å². The van der Waals surface area contributed by atoms with E-state index < -0.39 is 5.82 Å². The van der Waals surface area contributed by atoms with Gasteiger partial charge in [0.1, 0.15) is 30.6 Å². The van der Waals surface area contributed by atoms with E-state index in [0.717, 1.165) is 49.4 Å². The number of pyridine rings is 1. The fourth-order valence-corrected chi connectivity index (χ4v) is 5.91. The van der Waals surface area contributed by atoms with Crippen molar-refractivity contribution in [3.05, 3.63) is 48.3 Å². The number of anilines is 1. The Bertz CT molecular complexity index is 1360. The minimum atomic E-state index is -0.394. The second kappa shape index (κ2) is 11.1. The Morgan fingerprint density at radius 3 is 2.82 bits per heavy atom. The van der Waals surface area contributed by atoms with Crippen LogP contribution >= 0.6 is 0 Å². The Kier molecular flexibility index (Phi) is 7.36. The molecule has 4 heterocycles. The standard InChI is InChI=1S/C30H37FN6O2/c1-4-15-38-25-9-5-8-24(31)26(25)27-19(2)16-23-28(33-27)34-30(35-29(23)36-14-12-32-17-20(36)3)39-18-22-7-6-13-37(22)21-10-11-21/h4-5,8-9,16,20-22,32H,1,6-7,10-15,17-18H2,2-3H3/t20-,22+/m1/s1. The zero-order valence-corrected chi connectivity index (χ0v) is 22.8. The van der Waals surface area contributed by atoms with Gasteiger partial charge in [-0.2, -0.15) is 9.97 Å². The first kappa shape index (κ1) is 26.0. The zero-order chi connectivity index (χ0) is 26.9. The smallest absolute Gasteiger partial charge is 0.320 e. The van der Waals surface area contributed by atoms with Gasteiger partial charge in [-0.1, -0.05) is 18.7 Å². The van der Waals surface area contributed by atoms with Crippen LogP contribution in [0, 0.1) is 12.7 Å². The van der Waals surface area contributed by atoms with Crippen molar-refractivity contribution in [1.29, 1.82) is 0 Å². The van der Waals surface area contributed by atoms with E-state index in [-0.39, 0.29) is 12.6 Å². The van der Waals surface area contributed by atoms with E-state index in [2.05, 4.69) is 28.6 Å². The first-order chi connectivity index (χ1) is 19.0. The Balaban J connectivity index is 1.41. The molecule has 1 aromatic carbocycles. The number of nitrogens with zero attached hydrogens (tertiary/aromatic N) is 5. The molecule has 3 fully saturated rings. The van der Waals surface area contributed by atoms with Crippen molar-refractivity contribution in [2.75, 3.05) is 44.3 Å². The molecular weight excluding hydrogens is 495 g/mol. The SMILES string of the molecule is C=CCOc1cccc(F)c1-c1nc2nc(OC[C@@H]3CCCN3C3CC3)nc(N3CCNC[C@H]3C)c2cc1C. The Hall–Kier alpha value is -3.30. The van der Waals surface area contributed by atoms with E-state index in [1.54, 1.807) is 18.2 Å². The predicted octanol–water partition coefficient (Wildman–Crippen LogP) is 4.51. The van der Waals surface area contributed by atoms with Crippen LogP contribution in [0.25, 0.3) is 22.3 Å². The fourth-order valence-electron chi connectivity index (χ4n) is 5.91. The highest BCUT2D eigenvalue weighted by Gasteiger charge is 2.37. The van der Waals surface area contributed by atoms with Crippen molar-refractivity contribution in [2.45, 2.75) is 57.7 Å². The lowest BCUT2D eigenvalue weighted by Gasteiger charge is -2.35. The van der Waals surface area contributed by atoms with Gasteiger partial charge in [-0.3, -0.25) is 4.90 Å². The fraction of sp³-hybridized carbons (Fsp3) is 0.500. The molecule has 8 nitrogen and oxygen atoms in total. The number of aryl methyl sites for hydroxylation is 1. The molecule has 1 N–H and O–H groups in total. The molecule has 2 aromatic heterocycles. The highest BCUT2D eigenvalue weighted by atomic mass is 19.1. The predicted molar refractivity (Wildman–Crippen MR) is 151 cm³/mol. The molecule has 0 amide bonds. The normalized spacial score (nSPS) is 21.9. The van der Waals surface area contributed by atoms with Crippen LogP contribution in [-0.2, 0) is 0 Å². The summed E-state index contributed by atoms with van der Waals surface area (Å²) in [6.07, 6.45) is 6.55. The largest absolute Gasteiger partial charge is 0.489 e. The molecule has 6 rings (SSSR count). The Morgan fingerprint density at radius 1 is 1.15 bits per heavy atom. The number of hydrogen-bond acceptors (Lipinski definition) is 8. The third-order valence-corrected chi connectivity index (χ3v) is 8.02. The van der Waals surface area contributed by atoms with Crippen molar-refractivity contribution >= 4 is 16.9 Å². The molecule has 2 saturated heterocycles. The van der Waals surface area contributed by atoms with Gasteiger partial charge < -0.3 is 19.7 Å². The minimum Gasteiger partial charge on any atom is -0.489 e. The summed E-state index contributed by atoms with van der Waals surface area (Å²) in [6, 6.07) is 8.50. The number of rotatable bonds is 9. The van der Waals surface area contributed by atoms with E-state index in [1.165, 1.54) is 25.3 Å². The zero-order valence-electron chi connectivity index (χ0n) is 22.8. The molecule has 0 spiro atoms. The molecular formula is C30H37FN6O2. The highest BCUT2D eigenvalue weighted by molar-refractivity contribution is 5.91. The van der Waals surface area contributed by atoms with Crippen LogP contribution in [0.4, 0.5) is 10.2 Å². The quantitative estimate of drug-likeness (QED) is 0.404. The summed E-state index contributed by atoms with van der Waals surface area (Å²) < 4.78 is 27.3. The molecule has 1 aliphatic carbocycles. The van der Waals surface area contributed by atoms with Gasteiger partial charge >= 0.3 is 6.01 Å². The number of aromatic nitrogens is 3. The van der Waals surface area contributed by atoms with Crippen LogP contribution in [0.15, 0.2) is 36.9 Å². The molecule has 9 heteroatoms. The summed E-state index contributed by atoms with van der Waals surface area (Å²) >= 11 is 0. The summed E-state index contributed by atoms with van der Waals surface area (Å²) in [5.41, 5.74) is 2.13. The topological polar surface area (TPSA) is 75.6 Å². The lowest BCUT2D eigenvalue weighted by molar-refractivity contribution is 0.159. The summed E-state index contributed by atoms with van der Waals surface area (Å²) in [5.74, 6) is 0.843. The Labute approximate surface area is 229 Å². The van der Waals surface area contributed by atoms with Crippen LogP contribution in [-0.4, -0.2) is 77.4 Å². The number of nitrogens with one attached hydrogen (secondary N) is 1. The van der Waals surface area contributed by atoms with Crippen molar-refractivity contribution in [2.24, 2.45) is 0 Å². The van der Waals surface area contributed by atoms with Gasteiger partial charge in [0.25, 0.3) is 0 Å². The van der Waals surface area contributed by atoms with E-state index in [1.807, 2.05) is 13.0 Å². The maximum absolute atomic E-state index is 15.2. The molecule has 206 valence electrons. The van der Waals surface area contributed by atoms with Gasteiger partial charge in [-0.25, -0.2) is 9.37 Å². The highest BCUT2D eigenvalue weighted by Crippen LogP contribution is 2.37. The molecule has 0 radical (unpaired) electrons. The van der Waals surface area contributed by atoms with Gasteiger partial charge in [-0.05, 0) is 69.8 Å². The maximum Gasteiger partial charge on any atom is 0.320 e. The third kappa shape index (κ3) is 5.30. The van der Waals surface area contributed by atoms with Crippen LogP contribution in [0.1, 0.15) is 38.2 Å². The monoisotopic (exact) mass is 532 g/mol. The number of ether oxygens (including phenoxy) is 2. The van der Waals surface area contributed by atoms with Crippen molar-refractivity contribution in [1.82, 2.24) is 25.2 Å². The summed E-state index contributed by atoms with van der Waals surface area (Å²) in [6.45, 7) is 12.4. The lowest BCUT2D eigenvalue weighted by atomic mass is 10.0. The average molecular weight is 533 g/mol.